The Morgan fingerprint density at radius 3 is 1.24 bits per heavy atom. The van der Waals surface area contributed by atoms with Gasteiger partial charge in [0, 0.05) is 5.56 Å². The maximum atomic E-state index is 5.27. The second kappa shape index (κ2) is 18.0. The highest BCUT2D eigenvalue weighted by molar-refractivity contribution is 6.22. The quantitative estimate of drug-likeness (QED) is 0.132. The smallest absolute Gasteiger partial charge is 0.141 e. The lowest BCUT2D eigenvalue weighted by molar-refractivity contribution is 0.427. The first-order valence-corrected chi connectivity index (χ1v) is 25.0. The monoisotopic (exact) mass is 918 g/mol. The van der Waals surface area contributed by atoms with E-state index >= 15 is 0 Å². The summed E-state index contributed by atoms with van der Waals surface area (Å²) in [6, 6.07) is 91.2. The van der Waals surface area contributed by atoms with E-state index in [1.165, 1.54) is 88.3 Å². The number of aromatic nitrogens is 2. The number of rotatable bonds is 9. The average molecular weight is 919 g/mol. The Balaban J connectivity index is 1.06. The van der Waals surface area contributed by atoms with Gasteiger partial charge in [-0.15, -0.1) is 0 Å². The largest absolute Gasteiger partial charge is 0.314 e. The Labute approximate surface area is 421 Å². The number of para-hydroxylation sites is 2. The molecule has 0 N–H and O–H groups in total. The topological polar surface area (TPSA) is 17.8 Å². The second-order valence-corrected chi connectivity index (χ2v) is 19.3. The predicted octanol–water partition coefficient (Wildman–Crippen LogP) is 18.9. The summed E-state index contributed by atoms with van der Waals surface area (Å²) in [5.74, 6) is 0.974. The van der Waals surface area contributed by atoms with Gasteiger partial charge < -0.3 is 4.57 Å². The lowest BCUT2D eigenvalue weighted by Crippen LogP contribution is -2.28. The molecule has 0 saturated carbocycles. The highest BCUT2D eigenvalue weighted by Crippen LogP contribution is 2.48. The molecule has 1 heterocycles. The van der Waals surface area contributed by atoms with Crippen LogP contribution in [0.4, 0.5) is 0 Å². The molecule has 2 nitrogen and oxygen atoms in total. The molecule has 72 heavy (non-hydrogen) atoms. The van der Waals surface area contributed by atoms with Crippen LogP contribution in [-0.4, -0.2) is 9.55 Å². The van der Waals surface area contributed by atoms with E-state index < -0.39 is 0 Å². The molecule has 13 rings (SSSR count). The molecule has 0 fully saturated rings. The number of imidazole rings is 1. The third-order valence-electron chi connectivity index (χ3n) is 14.7. The molecule has 2 heteroatoms. The third kappa shape index (κ3) is 7.75. The number of allylic oxidation sites excluding steroid dienone is 4. The van der Waals surface area contributed by atoms with Crippen LogP contribution in [0.5, 0.6) is 0 Å². The van der Waals surface area contributed by atoms with Crippen molar-refractivity contribution in [2.24, 2.45) is 0 Å². The molecular weight excluding hydrogens is 869 g/mol. The number of fused-ring (bicyclic) bond motifs is 3. The minimum absolute atomic E-state index is 0.241. The van der Waals surface area contributed by atoms with Crippen molar-refractivity contribution in [2.45, 2.75) is 18.9 Å². The van der Waals surface area contributed by atoms with E-state index in [0.29, 0.717) is 0 Å². The molecule has 1 atom stereocenters. The first-order valence-electron chi connectivity index (χ1n) is 25.0. The molecule has 340 valence electrons. The summed E-state index contributed by atoms with van der Waals surface area (Å²) in [5.41, 5.74) is 19.6. The zero-order chi connectivity index (χ0) is 48.0. The standard InChI is InChI=1S/C70H50N2/c1-70(39-19-6-20-40-70)72-66-32-18-17-31-65(66)71-69(72)53-35-33-52(34-36-53)54-37-38-63-64(47-54)68(60-45-57(50-25-11-4-12-26-50)42-58(46-60)51-27-13-5-14-28-51)62-30-16-15-29-61(62)67(63)59-43-55(48-21-7-2-8-22-48)41-56(44-59)49-23-9-3-10-24-49/h2-39,41-47H,40H2,1H3. The van der Waals surface area contributed by atoms with Gasteiger partial charge in [0.05, 0.1) is 16.6 Å². The van der Waals surface area contributed by atoms with Crippen LogP contribution >= 0.6 is 0 Å². The molecule has 1 aliphatic rings. The third-order valence-corrected chi connectivity index (χ3v) is 14.7. The van der Waals surface area contributed by atoms with E-state index in [9.17, 15) is 0 Å². The molecule has 12 aromatic rings. The van der Waals surface area contributed by atoms with Gasteiger partial charge in [0.15, 0.2) is 0 Å². The van der Waals surface area contributed by atoms with Crippen LogP contribution in [0.3, 0.4) is 0 Å². The van der Waals surface area contributed by atoms with Crippen molar-refractivity contribution in [3.05, 3.63) is 273 Å². The van der Waals surface area contributed by atoms with Crippen molar-refractivity contribution in [1.29, 1.82) is 0 Å². The summed E-state index contributed by atoms with van der Waals surface area (Å²) < 4.78 is 2.43. The Kier molecular flexibility index (Phi) is 10.7. The van der Waals surface area contributed by atoms with Crippen LogP contribution in [0.1, 0.15) is 13.3 Å². The maximum Gasteiger partial charge on any atom is 0.141 e. The summed E-state index contributed by atoms with van der Waals surface area (Å²) in [6.45, 7) is 2.31. The molecule has 0 amide bonds. The molecule has 0 bridgehead atoms. The molecule has 0 spiro atoms. The Bertz CT molecular complexity index is 3920. The lowest BCUT2D eigenvalue weighted by atomic mass is 9.82. The zero-order valence-corrected chi connectivity index (χ0v) is 40.1. The first-order chi connectivity index (χ1) is 35.5. The molecule has 1 unspecified atom stereocenters. The molecular formula is C70H50N2. The van der Waals surface area contributed by atoms with Crippen molar-refractivity contribution in [3.8, 4) is 89.3 Å². The van der Waals surface area contributed by atoms with Crippen molar-refractivity contribution in [1.82, 2.24) is 9.55 Å². The summed E-state index contributed by atoms with van der Waals surface area (Å²) in [7, 11) is 0. The van der Waals surface area contributed by atoms with E-state index in [-0.39, 0.29) is 5.54 Å². The molecule has 11 aromatic carbocycles. The molecule has 0 saturated heterocycles. The first kappa shape index (κ1) is 43.0. The number of nitrogens with zero attached hydrogens (tertiary/aromatic N) is 2. The molecule has 0 radical (unpaired) electrons. The molecule has 0 aliphatic heterocycles. The van der Waals surface area contributed by atoms with Crippen molar-refractivity contribution in [2.75, 3.05) is 0 Å². The summed E-state index contributed by atoms with van der Waals surface area (Å²) in [5, 5.41) is 4.83. The molecule has 1 aromatic heterocycles. The SMILES string of the molecule is CC1(n2c(-c3ccc(-c4ccc5c(-c6cc(-c7ccccc7)cc(-c7ccccc7)c6)c6ccccc6c(-c6cc(-c7ccccc7)cc(-c7ccccc7)c6)c5c4)cc3)nc3ccccc32)C=CC=CC1. The van der Waals surface area contributed by atoms with Gasteiger partial charge in [0.1, 0.15) is 5.82 Å². The Hall–Kier alpha value is -9.11. The minimum atomic E-state index is -0.241. The van der Waals surface area contributed by atoms with Gasteiger partial charge in [-0.25, -0.2) is 4.98 Å². The fourth-order valence-corrected chi connectivity index (χ4v) is 11.1. The predicted molar refractivity (Wildman–Crippen MR) is 305 cm³/mol. The van der Waals surface area contributed by atoms with Crippen molar-refractivity contribution < 1.29 is 0 Å². The van der Waals surface area contributed by atoms with Gasteiger partial charge in [-0.3, -0.25) is 0 Å². The maximum absolute atomic E-state index is 5.27. The van der Waals surface area contributed by atoms with E-state index in [4.69, 9.17) is 4.98 Å². The van der Waals surface area contributed by atoms with Crippen LogP contribution in [0, 0.1) is 0 Å². The van der Waals surface area contributed by atoms with Gasteiger partial charge in [0.25, 0.3) is 0 Å². The van der Waals surface area contributed by atoms with Gasteiger partial charge in [0.2, 0.25) is 0 Å². The van der Waals surface area contributed by atoms with Crippen LogP contribution in [0.15, 0.2) is 273 Å². The number of hydrogen-bond acceptors (Lipinski definition) is 1. The van der Waals surface area contributed by atoms with Crippen molar-refractivity contribution >= 4 is 32.6 Å². The van der Waals surface area contributed by atoms with E-state index in [2.05, 4.69) is 285 Å². The fraction of sp³-hybridized carbons (Fsp3) is 0.0429. The van der Waals surface area contributed by atoms with Gasteiger partial charge >= 0.3 is 0 Å². The Morgan fingerprint density at radius 1 is 0.333 bits per heavy atom. The molecule has 1 aliphatic carbocycles. The van der Waals surface area contributed by atoms with Crippen LogP contribution < -0.4 is 0 Å². The zero-order valence-electron chi connectivity index (χ0n) is 40.1. The Morgan fingerprint density at radius 2 is 0.736 bits per heavy atom. The van der Waals surface area contributed by atoms with E-state index in [0.717, 1.165) is 40.0 Å². The van der Waals surface area contributed by atoms with Crippen LogP contribution in [0.2, 0.25) is 0 Å². The van der Waals surface area contributed by atoms with Gasteiger partial charge in [-0.1, -0.05) is 218 Å². The van der Waals surface area contributed by atoms with Gasteiger partial charge in [-0.2, -0.15) is 0 Å². The fourth-order valence-electron chi connectivity index (χ4n) is 11.1. The van der Waals surface area contributed by atoms with E-state index in [1.807, 2.05) is 0 Å². The highest BCUT2D eigenvalue weighted by atomic mass is 15.1. The summed E-state index contributed by atoms with van der Waals surface area (Å²) >= 11 is 0. The van der Waals surface area contributed by atoms with E-state index in [1.54, 1.807) is 0 Å². The number of benzene rings is 11. The van der Waals surface area contributed by atoms with Crippen LogP contribution in [0.25, 0.3) is 122 Å². The second-order valence-electron chi connectivity index (χ2n) is 19.3. The van der Waals surface area contributed by atoms with Gasteiger partial charge in [-0.05, 0) is 167 Å². The minimum Gasteiger partial charge on any atom is -0.314 e. The summed E-state index contributed by atoms with van der Waals surface area (Å²) in [6.07, 6.45) is 9.77. The number of hydrogen-bond donors (Lipinski definition) is 0. The average Bonchev–Trinajstić information content (AvgIpc) is 3.86. The normalized spacial score (nSPS) is 14.3. The van der Waals surface area contributed by atoms with Crippen molar-refractivity contribution in [3.63, 3.8) is 0 Å². The summed E-state index contributed by atoms with van der Waals surface area (Å²) in [4.78, 5) is 5.27. The van der Waals surface area contributed by atoms with Crippen LogP contribution in [-0.2, 0) is 5.54 Å². The highest BCUT2D eigenvalue weighted by Gasteiger charge is 2.29. The lowest BCUT2D eigenvalue weighted by Gasteiger charge is -2.31.